The first-order valence-electron chi connectivity index (χ1n) is 7.06. The Labute approximate surface area is 123 Å². The highest BCUT2D eigenvalue weighted by molar-refractivity contribution is 7.99. The van der Waals surface area contributed by atoms with Gasteiger partial charge in [-0.3, -0.25) is 4.79 Å². The maximum absolute atomic E-state index is 11.9. The van der Waals surface area contributed by atoms with Crippen LogP contribution in [0.25, 0.3) is 0 Å². The SMILES string of the molecule is CCNC1(C(N)=O)CCCC(Sc2nnc(C)n2C)C1. The van der Waals surface area contributed by atoms with Crippen molar-refractivity contribution in [2.45, 2.75) is 55.5 Å². The van der Waals surface area contributed by atoms with E-state index in [9.17, 15) is 4.79 Å². The molecule has 6 nitrogen and oxygen atoms in total. The van der Waals surface area contributed by atoms with Crippen LogP contribution in [-0.4, -0.2) is 38.0 Å². The number of nitrogens with one attached hydrogen (secondary N) is 1. The number of amides is 1. The number of likely N-dealkylation sites (N-methyl/N-ethyl adjacent to an activating group) is 1. The molecule has 0 aromatic carbocycles. The van der Waals surface area contributed by atoms with Crippen LogP contribution in [0.2, 0.25) is 0 Å². The molecule has 1 aliphatic rings. The van der Waals surface area contributed by atoms with Gasteiger partial charge in [-0.15, -0.1) is 10.2 Å². The summed E-state index contributed by atoms with van der Waals surface area (Å²) in [6, 6.07) is 0. The fourth-order valence-electron chi connectivity index (χ4n) is 2.77. The molecule has 1 saturated carbocycles. The van der Waals surface area contributed by atoms with Crippen molar-refractivity contribution < 1.29 is 4.79 Å². The molecule has 0 bridgehead atoms. The van der Waals surface area contributed by atoms with Gasteiger partial charge in [0.15, 0.2) is 5.16 Å². The molecule has 0 saturated heterocycles. The third-order valence-electron chi connectivity index (χ3n) is 4.02. The zero-order valence-electron chi connectivity index (χ0n) is 12.3. The van der Waals surface area contributed by atoms with E-state index >= 15 is 0 Å². The first-order valence-corrected chi connectivity index (χ1v) is 7.94. The number of carbonyl (C=O) groups is 1. The second kappa shape index (κ2) is 6.13. The first kappa shape index (κ1) is 15.3. The predicted octanol–water partition coefficient (Wildman–Crippen LogP) is 0.992. The summed E-state index contributed by atoms with van der Waals surface area (Å²) in [5.41, 5.74) is 5.08. The smallest absolute Gasteiger partial charge is 0.237 e. The Morgan fingerprint density at radius 1 is 1.60 bits per heavy atom. The second-order valence-corrected chi connectivity index (χ2v) is 6.67. The average Bonchev–Trinajstić information content (AvgIpc) is 2.71. The lowest BCUT2D eigenvalue weighted by molar-refractivity contribution is -0.125. The molecule has 1 fully saturated rings. The predicted molar refractivity (Wildman–Crippen MR) is 79.5 cm³/mol. The number of hydrogen-bond acceptors (Lipinski definition) is 5. The molecule has 0 aliphatic heterocycles. The molecular weight excluding hydrogens is 274 g/mol. The summed E-state index contributed by atoms with van der Waals surface area (Å²) in [6.07, 6.45) is 3.67. The highest BCUT2D eigenvalue weighted by Crippen LogP contribution is 2.37. The molecule has 0 spiro atoms. The molecular formula is C13H23N5OS. The van der Waals surface area contributed by atoms with Crippen LogP contribution in [0, 0.1) is 6.92 Å². The van der Waals surface area contributed by atoms with Gasteiger partial charge in [0.05, 0.1) is 5.54 Å². The Hall–Kier alpha value is -1.08. The van der Waals surface area contributed by atoms with Crippen LogP contribution in [0.15, 0.2) is 5.16 Å². The van der Waals surface area contributed by atoms with Crippen LogP contribution in [0.3, 0.4) is 0 Å². The molecule has 3 N–H and O–H groups in total. The van der Waals surface area contributed by atoms with Crippen molar-refractivity contribution in [3.8, 4) is 0 Å². The van der Waals surface area contributed by atoms with E-state index in [4.69, 9.17) is 5.73 Å². The number of primary amides is 1. The summed E-state index contributed by atoms with van der Waals surface area (Å²) in [5.74, 6) is 0.662. The Bertz CT molecular complexity index is 485. The molecule has 1 amide bonds. The third kappa shape index (κ3) is 2.98. The minimum absolute atomic E-state index is 0.237. The summed E-state index contributed by atoms with van der Waals surface area (Å²) < 4.78 is 1.98. The average molecular weight is 297 g/mol. The highest BCUT2D eigenvalue weighted by Gasteiger charge is 2.41. The van der Waals surface area contributed by atoms with Gasteiger partial charge in [-0.1, -0.05) is 18.7 Å². The number of aromatic nitrogens is 3. The second-order valence-electron chi connectivity index (χ2n) is 5.40. The molecule has 1 aromatic heterocycles. The van der Waals surface area contributed by atoms with Gasteiger partial charge >= 0.3 is 0 Å². The largest absolute Gasteiger partial charge is 0.368 e. The Kier molecular flexibility index (Phi) is 4.70. The first-order chi connectivity index (χ1) is 9.48. The monoisotopic (exact) mass is 297 g/mol. The van der Waals surface area contributed by atoms with Gasteiger partial charge in [-0.25, -0.2) is 0 Å². The van der Waals surface area contributed by atoms with Gasteiger partial charge in [0, 0.05) is 12.3 Å². The van der Waals surface area contributed by atoms with Crippen LogP contribution in [-0.2, 0) is 11.8 Å². The normalized spacial score (nSPS) is 26.6. The molecule has 20 heavy (non-hydrogen) atoms. The quantitative estimate of drug-likeness (QED) is 0.846. The maximum Gasteiger partial charge on any atom is 0.237 e. The van der Waals surface area contributed by atoms with Gasteiger partial charge in [0.2, 0.25) is 5.91 Å². The van der Waals surface area contributed by atoms with Crippen molar-refractivity contribution in [2.75, 3.05) is 6.54 Å². The number of aryl methyl sites for hydroxylation is 1. The van der Waals surface area contributed by atoms with E-state index in [-0.39, 0.29) is 5.91 Å². The van der Waals surface area contributed by atoms with Gasteiger partial charge in [-0.2, -0.15) is 0 Å². The van der Waals surface area contributed by atoms with Gasteiger partial charge in [0.25, 0.3) is 0 Å². The number of thioether (sulfide) groups is 1. The summed E-state index contributed by atoms with van der Waals surface area (Å²) in [4.78, 5) is 11.9. The number of nitrogens with two attached hydrogens (primary N) is 1. The van der Waals surface area contributed by atoms with Crippen molar-refractivity contribution in [3.05, 3.63) is 5.82 Å². The Morgan fingerprint density at radius 3 is 2.90 bits per heavy atom. The maximum atomic E-state index is 11.9. The minimum atomic E-state index is -0.557. The van der Waals surface area contributed by atoms with Crippen molar-refractivity contribution in [2.24, 2.45) is 12.8 Å². The Morgan fingerprint density at radius 2 is 2.35 bits per heavy atom. The van der Waals surface area contributed by atoms with Crippen molar-refractivity contribution in [1.29, 1.82) is 0 Å². The number of hydrogen-bond donors (Lipinski definition) is 2. The zero-order chi connectivity index (χ0) is 14.8. The molecule has 2 atom stereocenters. The van der Waals surface area contributed by atoms with Crippen LogP contribution in [0.4, 0.5) is 0 Å². The van der Waals surface area contributed by atoms with Crippen molar-refractivity contribution in [3.63, 3.8) is 0 Å². The molecule has 1 aliphatic carbocycles. The highest BCUT2D eigenvalue weighted by atomic mass is 32.2. The van der Waals surface area contributed by atoms with Crippen LogP contribution in [0.1, 0.15) is 38.4 Å². The number of carbonyl (C=O) groups excluding carboxylic acids is 1. The van der Waals surface area contributed by atoms with Crippen LogP contribution < -0.4 is 11.1 Å². The summed E-state index contributed by atoms with van der Waals surface area (Å²) in [7, 11) is 1.96. The van der Waals surface area contributed by atoms with E-state index in [0.29, 0.717) is 5.25 Å². The Balaban J connectivity index is 2.10. The molecule has 1 aromatic rings. The van der Waals surface area contributed by atoms with E-state index in [1.807, 2.05) is 25.5 Å². The standard InChI is InChI=1S/C13H23N5OS/c1-4-15-13(11(14)19)7-5-6-10(8-13)20-12-17-16-9(2)18(12)3/h10,15H,4-8H2,1-3H3,(H2,14,19). The number of rotatable bonds is 5. The van der Waals surface area contributed by atoms with E-state index in [0.717, 1.165) is 43.2 Å². The fourth-order valence-corrected chi connectivity index (χ4v) is 4.10. The summed E-state index contributed by atoms with van der Waals surface area (Å²) in [5, 5.41) is 12.8. The third-order valence-corrected chi connectivity index (χ3v) is 5.32. The van der Waals surface area contributed by atoms with Crippen LogP contribution >= 0.6 is 11.8 Å². The van der Waals surface area contributed by atoms with E-state index in [2.05, 4.69) is 15.5 Å². The fraction of sp³-hybridized carbons (Fsp3) is 0.769. The van der Waals surface area contributed by atoms with E-state index in [1.54, 1.807) is 11.8 Å². The molecule has 7 heteroatoms. The zero-order valence-corrected chi connectivity index (χ0v) is 13.2. The number of nitrogens with zero attached hydrogens (tertiary/aromatic N) is 3. The molecule has 2 unspecified atom stereocenters. The van der Waals surface area contributed by atoms with Crippen molar-refractivity contribution >= 4 is 17.7 Å². The van der Waals surface area contributed by atoms with Gasteiger partial charge < -0.3 is 15.6 Å². The van der Waals surface area contributed by atoms with E-state index in [1.165, 1.54) is 0 Å². The topological polar surface area (TPSA) is 85.8 Å². The summed E-state index contributed by atoms with van der Waals surface area (Å²) in [6.45, 7) is 4.70. The van der Waals surface area contributed by atoms with Crippen LogP contribution in [0.5, 0.6) is 0 Å². The lowest BCUT2D eigenvalue weighted by Crippen LogP contribution is -2.58. The molecule has 2 rings (SSSR count). The molecule has 112 valence electrons. The van der Waals surface area contributed by atoms with Crippen molar-refractivity contribution in [1.82, 2.24) is 20.1 Å². The lowest BCUT2D eigenvalue weighted by Gasteiger charge is -2.38. The minimum Gasteiger partial charge on any atom is -0.368 e. The molecule has 1 heterocycles. The van der Waals surface area contributed by atoms with Gasteiger partial charge in [0.1, 0.15) is 5.82 Å². The van der Waals surface area contributed by atoms with Gasteiger partial charge in [-0.05, 0) is 39.2 Å². The van der Waals surface area contributed by atoms with E-state index < -0.39 is 5.54 Å². The molecule has 0 radical (unpaired) electrons. The lowest BCUT2D eigenvalue weighted by atomic mass is 9.80. The summed E-state index contributed by atoms with van der Waals surface area (Å²) >= 11 is 1.70.